The van der Waals surface area contributed by atoms with Gasteiger partial charge in [0.2, 0.25) is 0 Å². The van der Waals surface area contributed by atoms with Crippen LogP contribution in [0.15, 0.2) is 24.3 Å². The zero-order chi connectivity index (χ0) is 13.4. The summed E-state index contributed by atoms with van der Waals surface area (Å²) in [6.07, 6.45) is -2.34. The van der Waals surface area contributed by atoms with Gasteiger partial charge in [0.1, 0.15) is 12.4 Å². The SMILES string of the molecule is COc1ccccc1CC(O)CCOCC(F)F. The first-order valence-electron chi connectivity index (χ1n) is 5.79. The summed E-state index contributed by atoms with van der Waals surface area (Å²) in [5.41, 5.74) is 0.890. The van der Waals surface area contributed by atoms with Crippen LogP contribution >= 0.6 is 0 Å². The van der Waals surface area contributed by atoms with Gasteiger partial charge >= 0.3 is 0 Å². The Morgan fingerprint density at radius 3 is 2.67 bits per heavy atom. The fraction of sp³-hybridized carbons (Fsp3) is 0.538. The van der Waals surface area contributed by atoms with Crippen LogP contribution in [-0.4, -0.2) is 38.0 Å². The van der Waals surface area contributed by atoms with Crippen molar-refractivity contribution in [2.24, 2.45) is 0 Å². The maximum Gasteiger partial charge on any atom is 0.261 e. The van der Waals surface area contributed by atoms with Gasteiger partial charge in [-0.2, -0.15) is 0 Å². The number of benzene rings is 1. The summed E-state index contributed by atoms with van der Waals surface area (Å²) in [6, 6.07) is 7.38. The number of para-hydroxylation sites is 1. The Morgan fingerprint density at radius 1 is 1.28 bits per heavy atom. The number of aliphatic hydroxyl groups excluding tert-OH is 1. The van der Waals surface area contributed by atoms with Crippen LogP contribution in [0.2, 0.25) is 0 Å². The lowest BCUT2D eigenvalue weighted by molar-refractivity contribution is 0.00508. The molecular formula is C13H18F2O3. The first kappa shape index (κ1) is 14.9. The maximum absolute atomic E-state index is 11.8. The standard InChI is InChI=1S/C13H18F2O3/c1-17-12-5-3-2-4-10(12)8-11(16)6-7-18-9-13(14)15/h2-5,11,13,16H,6-9H2,1H3. The Labute approximate surface area is 105 Å². The largest absolute Gasteiger partial charge is 0.496 e. The first-order valence-corrected chi connectivity index (χ1v) is 5.79. The number of aliphatic hydroxyl groups is 1. The summed E-state index contributed by atoms with van der Waals surface area (Å²) >= 11 is 0. The molecule has 1 atom stereocenters. The van der Waals surface area contributed by atoms with Crippen molar-refractivity contribution in [3.63, 3.8) is 0 Å². The highest BCUT2D eigenvalue weighted by atomic mass is 19.3. The van der Waals surface area contributed by atoms with E-state index in [1.54, 1.807) is 7.11 Å². The maximum atomic E-state index is 11.8. The van der Waals surface area contributed by atoms with Crippen molar-refractivity contribution >= 4 is 0 Å². The molecule has 102 valence electrons. The van der Waals surface area contributed by atoms with Crippen molar-refractivity contribution in [1.29, 1.82) is 0 Å². The van der Waals surface area contributed by atoms with Gasteiger partial charge in [-0.3, -0.25) is 0 Å². The lowest BCUT2D eigenvalue weighted by Gasteiger charge is -2.13. The smallest absolute Gasteiger partial charge is 0.261 e. The topological polar surface area (TPSA) is 38.7 Å². The van der Waals surface area contributed by atoms with Crippen LogP contribution < -0.4 is 4.74 Å². The summed E-state index contributed by atoms with van der Waals surface area (Å²) in [5.74, 6) is 0.713. The Hall–Kier alpha value is -1.20. The number of rotatable bonds is 8. The van der Waals surface area contributed by atoms with Crippen molar-refractivity contribution in [3.8, 4) is 5.75 Å². The molecule has 0 fully saturated rings. The van der Waals surface area contributed by atoms with Crippen LogP contribution in [0.5, 0.6) is 5.75 Å². The normalized spacial score (nSPS) is 12.7. The molecule has 0 aliphatic heterocycles. The van der Waals surface area contributed by atoms with E-state index in [0.717, 1.165) is 5.56 Å². The van der Waals surface area contributed by atoms with Crippen LogP contribution in [0, 0.1) is 0 Å². The van der Waals surface area contributed by atoms with Gasteiger partial charge in [0.25, 0.3) is 6.43 Å². The quantitative estimate of drug-likeness (QED) is 0.729. The minimum atomic E-state index is -2.46. The molecule has 0 aliphatic carbocycles. The van der Waals surface area contributed by atoms with Crippen LogP contribution in [0.25, 0.3) is 0 Å². The van der Waals surface area contributed by atoms with Crippen LogP contribution in [0.3, 0.4) is 0 Å². The van der Waals surface area contributed by atoms with E-state index in [9.17, 15) is 13.9 Å². The number of ether oxygens (including phenoxy) is 2. The number of hydrogen-bond acceptors (Lipinski definition) is 3. The summed E-state index contributed by atoms with van der Waals surface area (Å²) < 4.78 is 33.5. The number of alkyl halides is 2. The number of hydrogen-bond donors (Lipinski definition) is 1. The fourth-order valence-corrected chi connectivity index (χ4v) is 1.62. The van der Waals surface area contributed by atoms with Gasteiger partial charge in [0, 0.05) is 13.0 Å². The highest BCUT2D eigenvalue weighted by molar-refractivity contribution is 5.33. The molecular weight excluding hydrogens is 242 g/mol. The molecule has 0 heterocycles. The predicted octanol–water partition coefficient (Wildman–Crippen LogP) is 2.27. The van der Waals surface area contributed by atoms with E-state index in [-0.39, 0.29) is 6.61 Å². The lowest BCUT2D eigenvalue weighted by Crippen LogP contribution is -2.15. The van der Waals surface area contributed by atoms with Crippen molar-refractivity contribution < 1.29 is 23.4 Å². The molecule has 1 rings (SSSR count). The van der Waals surface area contributed by atoms with E-state index in [1.807, 2.05) is 24.3 Å². The second-order valence-electron chi connectivity index (χ2n) is 3.92. The zero-order valence-electron chi connectivity index (χ0n) is 10.3. The van der Waals surface area contributed by atoms with Crippen LogP contribution in [0.1, 0.15) is 12.0 Å². The molecule has 0 saturated heterocycles. The average molecular weight is 260 g/mol. The highest BCUT2D eigenvalue weighted by Gasteiger charge is 2.10. The molecule has 1 aromatic rings. The predicted molar refractivity (Wildman–Crippen MR) is 64.1 cm³/mol. The van der Waals surface area contributed by atoms with Gasteiger partial charge in [-0.15, -0.1) is 0 Å². The molecule has 1 aromatic carbocycles. The summed E-state index contributed by atoms with van der Waals surface area (Å²) in [7, 11) is 1.57. The Bertz CT molecular complexity index is 345. The van der Waals surface area contributed by atoms with Crippen molar-refractivity contribution in [3.05, 3.63) is 29.8 Å². The molecule has 18 heavy (non-hydrogen) atoms. The Kier molecular flexibility index (Phi) is 6.60. The average Bonchev–Trinajstić information content (AvgIpc) is 2.35. The van der Waals surface area contributed by atoms with Gasteiger partial charge < -0.3 is 14.6 Å². The molecule has 0 spiro atoms. The third kappa shape index (κ3) is 5.42. The molecule has 0 saturated carbocycles. The minimum Gasteiger partial charge on any atom is -0.496 e. The van der Waals surface area contributed by atoms with E-state index < -0.39 is 19.1 Å². The van der Waals surface area contributed by atoms with Gasteiger partial charge in [-0.1, -0.05) is 18.2 Å². The van der Waals surface area contributed by atoms with Gasteiger partial charge in [0.05, 0.1) is 13.2 Å². The Morgan fingerprint density at radius 2 is 2.00 bits per heavy atom. The molecule has 0 bridgehead atoms. The molecule has 0 aromatic heterocycles. The molecule has 3 nitrogen and oxygen atoms in total. The third-order valence-electron chi connectivity index (χ3n) is 2.49. The summed E-state index contributed by atoms with van der Waals surface area (Å²) in [4.78, 5) is 0. The summed E-state index contributed by atoms with van der Waals surface area (Å²) in [5, 5.41) is 9.76. The molecule has 1 unspecified atom stereocenters. The minimum absolute atomic E-state index is 0.126. The zero-order valence-corrected chi connectivity index (χ0v) is 10.3. The number of halogens is 2. The molecule has 1 N–H and O–H groups in total. The van der Waals surface area contributed by atoms with E-state index in [0.29, 0.717) is 18.6 Å². The van der Waals surface area contributed by atoms with E-state index in [1.165, 1.54) is 0 Å². The second kappa shape index (κ2) is 8.00. The lowest BCUT2D eigenvalue weighted by atomic mass is 10.1. The van der Waals surface area contributed by atoms with E-state index in [2.05, 4.69) is 0 Å². The third-order valence-corrected chi connectivity index (χ3v) is 2.49. The molecule has 5 heteroatoms. The van der Waals surface area contributed by atoms with Crippen molar-refractivity contribution in [2.75, 3.05) is 20.3 Å². The van der Waals surface area contributed by atoms with E-state index in [4.69, 9.17) is 9.47 Å². The number of methoxy groups -OCH3 is 1. The molecule has 0 aliphatic rings. The second-order valence-corrected chi connectivity index (χ2v) is 3.92. The van der Waals surface area contributed by atoms with E-state index >= 15 is 0 Å². The van der Waals surface area contributed by atoms with Crippen LogP contribution in [0.4, 0.5) is 8.78 Å². The van der Waals surface area contributed by atoms with Gasteiger partial charge in [-0.25, -0.2) is 8.78 Å². The molecule has 0 radical (unpaired) electrons. The Balaban J connectivity index is 2.33. The van der Waals surface area contributed by atoms with Crippen LogP contribution in [-0.2, 0) is 11.2 Å². The van der Waals surface area contributed by atoms with Gasteiger partial charge in [0.15, 0.2) is 0 Å². The first-order chi connectivity index (χ1) is 8.63. The fourth-order valence-electron chi connectivity index (χ4n) is 1.62. The monoisotopic (exact) mass is 260 g/mol. The molecule has 0 amide bonds. The van der Waals surface area contributed by atoms with Gasteiger partial charge in [-0.05, 0) is 18.1 Å². The van der Waals surface area contributed by atoms with Crippen molar-refractivity contribution in [2.45, 2.75) is 25.4 Å². The summed E-state index contributed by atoms with van der Waals surface area (Å²) in [6.45, 7) is -0.456. The van der Waals surface area contributed by atoms with Crippen molar-refractivity contribution in [1.82, 2.24) is 0 Å². The highest BCUT2D eigenvalue weighted by Crippen LogP contribution is 2.19.